The molecule has 0 aliphatic carbocycles. The Morgan fingerprint density at radius 1 is 1.00 bits per heavy atom. The fourth-order valence-electron chi connectivity index (χ4n) is 2.82. The summed E-state index contributed by atoms with van der Waals surface area (Å²) in [6.07, 6.45) is 3.15. The second kappa shape index (κ2) is 9.84. The van der Waals surface area contributed by atoms with Crippen LogP contribution in [0, 0.1) is 0 Å². The van der Waals surface area contributed by atoms with Crippen molar-refractivity contribution < 1.29 is 14.3 Å². The highest BCUT2D eigenvalue weighted by Crippen LogP contribution is 2.18. The monoisotopic (exact) mass is 406 g/mol. The average Bonchev–Trinajstić information content (AvgIpc) is 3.22. The minimum Gasteiger partial charge on any atom is -0.367 e. The molecule has 3 aromatic rings. The third-order valence-corrected chi connectivity index (χ3v) is 4.64. The van der Waals surface area contributed by atoms with Crippen LogP contribution in [0.4, 0.5) is 5.69 Å². The van der Waals surface area contributed by atoms with Crippen molar-refractivity contribution in [2.75, 3.05) is 11.9 Å². The fraction of sp³-hybridized carbons (Fsp3) is 0.261. The smallest absolute Gasteiger partial charge is 0.250 e. The van der Waals surface area contributed by atoms with Gasteiger partial charge in [0.15, 0.2) is 0 Å². The van der Waals surface area contributed by atoms with Crippen molar-refractivity contribution in [1.82, 2.24) is 15.1 Å². The molecule has 0 unspecified atom stereocenters. The number of aromatic nitrogens is 2. The molecule has 2 amide bonds. The molecular weight excluding hydrogens is 380 g/mol. The van der Waals surface area contributed by atoms with E-state index in [1.165, 1.54) is 10.9 Å². The highest BCUT2D eigenvalue weighted by molar-refractivity contribution is 5.91. The summed E-state index contributed by atoms with van der Waals surface area (Å²) in [7, 11) is 0. The van der Waals surface area contributed by atoms with E-state index < -0.39 is 5.54 Å². The Morgan fingerprint density at radius 2 is 1.63 bits per heavy atom. The summed E-state index contributed by atoms with van der Waals surface area (Å²) in [6.45, 7) is 4.28. The van der Waals surface area contributed by atoms with Gasteiger partial charge >= 0.3 is 0 Å². The number of hydrogen-bond acceptors (Lipinski definition) is 4. The Balaban J connectivity index is 1.49. The molecule has 1 heterocycles. The van der Waals surface area contributed by atoms with Crippen LogP contribution >= 0.6 is 0 Å². The number of nitrogens with zero attached hydrogens (tertiary/aromatic N) is 2. The van der Waals surface area contributed by atoms with Gasteiger partial charge in [-0.05, 0) is 25.0 Å². The summed E-state index contributed by atoms with van der Waals surface area (Å²) in [5, 5.41) is 9.91. The zero-order valence-electron chi connectivity index (χ0n) is 17.2. The van der Waals surface area contributed by atoms with Gasteiger partial charge in [-0.2, -0.15) is 5.10 Å². The summed E-state index contributed by atoms with van der Waals surface area (Å²) in [4.78, 5) is 24.8. The normalized spacial score (nSPS) is 11.1. The van der Waals surface area contributed by atoms with Gasteiger partial charge in [-0.3, -0.25) is 14.3 Å². The summed E-state index contributed by atoms with van der Waals surface area (Å²) in [5.74, 6) is -0.449. The van der Waals surface area contributed by atoms with Crippen molar-refractivity contribution in [3.8, 4) is 0 Å². The Morgan fingerprint density at radius 3 is 2.30 bits per heavy atom. The maximum atomic E-state index is 12.7. The molecule has 1 aromatic heterocycles. The Hall–Kier alpha value is -3.45. The fourth-order valence-corrected chi connectivity index (χ4v) is 2.82. The van der Waals surface area contributed by atoms with Crippen LogP contribution < -0.4 is 10.6 Å². The standard InChI is InChI=1S/C23H26N4O3/c1-23(2,22(29)24-13-18-9-5-3-6-10-18)27-15-20(14-25-27)26-21(28)17-30-16-19-11-7-4-8-12-19/h3-12,14-15H,13,16-17H2,1-2H3,(H,24,29)(H,26,28). The van der Waals surface area contributed by atoms with Crippen LogP contribution in [0.5, 0.6) is 0 Å². The number of ether oxygens (including phenoxy) is 1. The van der Waals surface area contributed by atoms with Crippen LogP contribution in [-0.4, -0.2) is 28.2 Å². The van der Waals surface area contributed by atoms with E-state index in [1.807, 2.05) is 60.7 Å². The molecule has 7 heteroatoms. The van der Waals surface area contributed by atoms with Gasteiger partial charge in [0.1, 0.15) is 12.1 Å². The van der Waals surface area contributed by atoms with E-state index in [0.717, 1.165) is 11.1 Å². The van der Waals surface area contributed by atoms with E-state index in [9.17, 15) is 9.59 Å². The second-order valence-corrected chi connectivity index (χ2v) is 7.43. The van der Waals surface area contributed by atoms with E-state index in [0.29, 0.717) is 18.8 Å². The largest absolute Gasteiger partial charge is 0.367 e. The molecule has 0 saturated carbocycles. The Kier molecular flexibility index (Phi) is 6.98. The number of hydrogen-bond donors (Lipinski definition) is 2. The molecule has 2 aromatic carbocycles. The van der Waals surface area contributed by atoms with Gasteiger partial charge in [0.25, 0.3) is 0 Å². The second-order valence-electron chi connectivity index (χ2n) is 7.43. The number of carbonyl (C=O) groups excluding carboxylic acids is 2. The van der Waals surface area contributed by atoms with Crippen LogP contribution in [0.1, 0.15) is 25.0 Å². The topological polar surface area (TPSA) is 85.2 Å². The molecule has 0 aliphatic heterocycles. The highest BCUT2D eigenvalue weighted by atomic mass is 16.5. The first-order valence-corrected chi connectivity index (χ1v) is 9.74. The third kappa shape index (κ3) is 5.78. The minimum absolute atomic E-state index is 0.0684. The van der Waals surface area contributed by atoms with E-state index in [4.69, 9.17) is 4.74 Å². The van der Waals surface area contributed by atoms with Crippen LogP contribution in [0.3, 0.4) is 0 Å². The van der Waals surface area contributed by atoms with Gasteiger partial charge in [-0.15, -0.1) is 0 Å². The Labute approximate surface area is 176 Å². The lowest BCUT2D eigenvalue weighted by Crippen LogP contribution is -2.44. The lowest BCUT2D eigenvalue weighted by molar-refractivity contribution is -0.129. The molecule has 156 valence electrons. The molecule has 2 N–H and O–H groups in total. The van der Waals surface area contributed by atoms with E-state index >= 15 is 0 Å². The zero-order chi connectivity index (χ0) is 21.4. The molecule has 0 bridgehead atoms. The quantitative estimate of drug-likeness (QED) is 0.572. The summed E-state index contributed by atoms with van der Waals surface area (Å²) >= 11 is 0. The maximum Gasteiger partial charge on any atom is 0.250 e. The predicted molar refractivity (Wildman–Crippen MR) is 115 cm³/mol. The molecule has 0 aliphatic rings. The van der Waals surface area contributed by atoms with E-state index in [-0.39, 0.29) is 18.4 Å². The third-order valence-electron chi connectivity index (χ3n) is 4.64. The van der Waals surface area contributed by atoms with Crippen LogP contribution in [0.15, 0.2) is 73.1 Å². The zero-order valence-corrected chi connectivity index (χ0v) is 17.2. The van der Waals surface area contributed by atoms with Crippen LogP contribution in [0.25, 0.3) is 0 Å². The number of nitrogens with one attached hydrogen (secondary N) is 2. The van der Waals surface area contributed by atoms with Gasteiger partial charge in [-0.25, -0.2) is 0 Å². The van der Waals surface area contributed by atoms with Crippen molar-refractivity contribution in [3.63, 3.8) is 0 Å². The first-order chi connectivity index (χ1) is 14.4. The summed E-state index contributed by atoms with van der Waals surface area (Å²) in [5.41, 5.74) is 1.61. The van der Waals surface area contributed by atoms with Crippen molar-refractivity contribution >= 4 is 17.5 Å². The van der Waals surface area contributed by atoms with Crippen LogP contribution in [0.2, 0.25) is 0 Å². The summed E-state index contributed by atoms with van der Waals surface area (Å²) < 4.78 is 6.97. The van der Waals surface area contributed by atoms with Crippen molar-refractivity contribution in [2.45, 2.75) is 32.5 Å². The van der Waals surface area contributed by atoms with Gasteiger partial charge in [-0.1, -0.05) is 60.7 Å². The van der Waals surface area contributed by atoms with Gasteiger partial charge in [0.2, 0.25) is 11.8 Å². The van der Waals surface area contributed by atoms with Crippen molar-refractivity contribution in [2.24, 2.45) is 0 Å². The number of amides is 2. The first-order valence-electron chi connectivity index (χ1n) is 9.74. The first kappa shape index (κ1) is 21.3. The van der Waals surface area contributed by atoms with Crippen molar-refractivity contribution in [1.29, 1.82) is 0 Å². The number of benzene rings is 2. The number of anilines is 1. The lowest BCUT2D eigenvalue weighted by Gasteiger charge is -2.24. The van der Waals surface area contributed by atoms with E-state index in [2.05, 4.69) is 15.7 Å². The van der Waals surface area contributed by atoms with Crippen LogP contribution in [-0.2, 0) is 33.0 Å². The molecule has 3 rings (SSSR count). The maximum absolute atomic E-state index is 12.7. The van der Waals surface area contributed by atoms with Crippen molar-refractivity contribution in [3.05, 3.63) is 84.2 Å². The average molecular weight is 406 g/mol. The molecule has 0 fully saturated rings. The predicted octanol–water partition coefficient (Wildman–Crippen LogP) is 3.09. The number of rotatable bonds is 9. The molecule has 0 radical (unpaired) electrons. The molecular formula is C23H26N4O3. The van der Waals surface area contributed by atoms with E-state index in [1.54, 1.807) is 20.0 Å². The SMILES string of the molecule is CC(C)(C(=O)NCc1ccccc1)n1cc(NC(=O)COCc2ccccc2)cn1. The van der Waals surface area contributed by atoms with Gasteiger partial charge < -0.3 is 15.4 Å². The molecule has 0 atom stereocenters. The lowest BCUT2D eigenvalue weighted by atomic mass is 10.0. The van der Waals surface area contributed by atoms with Gasteiger partial charge in [0.05, 0.1) is 18.5 Å². The summed E-state index contributed by atoms with van der Waals surface area (Å²) in [6, 6.07) is 19.3. The minimum atomic E-state index is -0.915. The highest BCUT2D eigenvalue weighted by Gasteiger charge is 2.30. The number of carbonyl (C=O) groups is 2. The molecule has 0 spiro atoms. The van der Waals surface area contributed by atoms with Gasteiger partial charge in [0, 0.05) is 12.7 Å². The molecule has 7 nitrogen and oxygen atoms in total. The Bertz CT molecular complexity index is 968. The molecule has 30 heavy (non-hydrogen) atoms. The molecule has 0 saturated heterocycles.